The minimum Gasteiger partial charge on any atom is -0.383 e. The van der Waals surface area contributed by atoms with Crippen LogP contribution in [0.15, 0.2) is 43.0 Å². The Morgan fingerprint density at radius 1 is 1.47 bits per heavy atom. The van der Waals surface area contributed by atoms with Crippen LogP contribution in [0.1, 0.15) is 18.6 Å². The Bertz CT molecular complexity index is 400. The summed E-state index contributed by atoms with van der Waals surface area (Å²) >= 11 is 6.63. The lowest BCUT2D eigenvalue weighted by atomic mass is 10.0. The molecule has 1 saturated heterocycles. The highest BCUT2D eigenvalue weighted by Gasteiger charge is 2.51. The Morgan fingerprint density at radius 3 is 2.71 bits per heavy atom. The van der Waals surface area contributed by atoms with Crippen LogP contribution in [0, 0.1) is 0 Å². The second-order valence-electron chi connectivity index (χ2n) is 4.48. The lowest BCUT2D eigenvalue weighted by Gasteiger charge is -2.24. The predicted octanol–water partition coefficient (Wildman–Crippen LogP) is 3.44. The number of halogens is 1. The van der Waals surface area contributed by atoms with Crippen molar-refractivity contribution < 1.29 is 4.43 Å². The topological polar surface area (TPSA) is 12.5 Å². The lowest BCUT2D eigenvalue weighted by molar-refractivity contribution is 0.207. The van der Waals surface area contributed by atoms with E-state index < -0.39 is 7.79 Å². The molecule has 0 N–H and O–H groups in total. The second kappa shape index (κ2) is 4.94. The van der Waals surface area contributed by atoms with Crippen LogP contribution in [0.2, 0.25) is 6.04 Å². The summed E-state index contributed by atoms with van der Waals surface area (Å²) in [6, 6.07) is 11.3. The smallest absolute Gasteiger partial charge is 0.377 e. The molecule has 2 rings (SSSR count). The Balaban J connectivity index is 2.25. The van der Waals surface area contributed by atoms with Crippen molar-refractivity contribution in [1.29, 1.82) is 0 Å². The molecule has 1 heterocycles. The van der Waals surface area contributed by atoms with Gasteiger partial charge in [-0.1, -0.05) is 36.4 Å². The molecule has 3 atom stereocenters. The van der Waals surface area contributed by atoms with Gasteiger partial charge in [0.15, 0.2) is 0 Å². The molecule has 1 aliphatic rings. The van der Waals surface area contributed by atoms with E-state index in [-0.39, 0.29) is 6.10 Å². The summed E-state index contributed by atoms with van der Waals surface area (Å²) in [6.45, 7) is 5.93. The second-order valence-corrected chi connectivity index (χ2v) is 8.98. The molecule has 0 aromatic heterocycles. The number of hydrogen-bond donors (Lipinski definition) is 0. The average Bonchev–Trinajstić information content (AvgIpc) is 2.56. The van der Waals surface area contributed by atoms with Gasteiger partial charge in [-0.25, -0.2) is 0 Å². The maximum Gasteiger partial charge on any atom is 0.377 e. The fourth-order valence-corrected chi connectivity index (χ4v) is 5.69. The highest BCUT2D eigenvalue weighted by atomic mass is 35.6. The van der Waals surface area contributed by atoms with Crippen molar-refractivity contribution >= 4 is 18.9 Å². The molecule has 0 saturated carbocycles. The predicted molar refractivity (Wildman–Crippen MR) is 74.1 cm³/mol. The largest absolute Gasteiger partial charge is 0.383 e. The standard InChI is InChI=1S/C13H18ClNOSi/c1-4-10-17(14)15(3)11(2)13(16-17)12-8-6-5-7-9-12/h4-9,11,13H,1,10H2,2-3H3/t11?,13-,17+/m0/s1. The van der Waals surface area contributed by atoms with Crippen molar-refractivity contribution in [3.8, 4) is 0 Å². The normalized spacial score (nSPS) is 33.8. The van der Waals surface area contributed by atoms with E-state index in [1.165, 1.54) is 5.56 Å². The van der Waals surface area contributed by atoms with E-state index >= 15 is 0 Å². The van der Waals surface area contributed by atoms with Gasteiger partial charge in [-0.2, -0.15) is 0 Å². The summed E-state index contributed by atoms with van der Waals surface area (Å²) in [5.74, 6) is 0. The van der Waals surface area contributed by atoms with Gasteiger partial charge in [0.05, 0.1) is 6.10 Å². The van der Waals surface area contributed by atoms with E-state index in [2.05, 4.69) is 37.2 Å². The number of nitrogens with zero attached hydrogens (tertiary/aromatic N) is 1. The Morgan fingerprint density at radius 2 is 2.12 bits per heavy atom. The van der Waals surface area contributed by atoms with Gasteiger partial charge in [-0.05, 0) is 19.5 Å². The summed E-state index contributed by atoms with van der Waals surface area (Å²) in [7, 11) is -0.259. The number of rotatable bonds is 3. The average molecular weight is 268 g/mol. The molecule has 1 aliphatic heterocycles. The molecule has 1 aromatic carbocycles. The van der Waals surface area contributed by atoms with Crippen LogP contribution in [0.4, 0.5) is 0 Å². The minimum absolute atomic E-state index is 0.0744. The van der Waals surface area contributed by atoms with Crippen LogP contribution >= 0.6 is 11.1 Å². The molecule has 0 spiro atoms. The van der Waals surface area contributed by atoms with E-state index in [1.54, 1.807) is 0 Å². The van der Waals surface area contributed by atoms with Crippen molar-refractivity contribution in [3.05, 3.63) is 48.6 Å². The van der Waals surface area contributed by atoms with E-state index in [0.29, 0.717) is 6.04 Å². The lowest BCUT2D eigenvalue weighted by Crippen LogP contribution is -2.44. The fourth-order valence-electron chi connectivity index (χ4n) is 2.24. The van der Waals surface area contributed by atoms with E-state index in [0.717, 1.165) is 6.04 Å². The third-order valence-corrected chi connectivity index (χ3v) is 7.81. The quantitative estimate of drug-likeness (QED) is 0.473. The van der Waals surface area contributed by atoms with Crippen LogP contribution in [-0.4, -0.2) is 25.4 Å². The van der Waals surface area contributed by atoms with Crippen LogP contribution in [-0.2, 0) is 4.43 Å². The van der Waals surface area contributed by atoms with Crippen LogP contribution in [0.25, 0.3) is 0 Å². The Hall–Kier alpha value is -0.613. The molecular weight excluding hydrogens is 250 g/mol. The molecule has 2 nitrogen and oxygen atoms in total. The van der Waals surface area contributed by atoms with E-state index in [1.807, 2.05) is 24.3 Å². The maximum absolute atomic E-state index is 6.63. The first-order chi connectivity index (χ1) is 8.08. The number of hydrogen-bond acceptors (Lipinski definition) is 2. The van der Waals surface area contributed by atoms with Crippen molar-refractivity contribution in [2.24, 2.45) is 0 Å². The zero-order valence-electron chi connectivity index (χ0n) is 10.3. The van der Waals surface area contributed by atoms with Crippen LogP contribution < -0.4 is 0 Å². The van der Waals surface area contributed by atoms with Gasteiger partial charge in [0.1, 0.15) is 0 Å². The highest BCUT2D eigenvalue weighted by Crippen LogP contribution is 2.41. The van der Waals surface area contributed by atoms with Crippen molar-refractivity contribution in [2.45, 2.75) is 25.1 Å². The molecule has 92 valence electrons. The summed E-state index contributed by atoms with van der Waals surface area (Å²) in [5.41, 5.74) is 1.20. The van der Waals surface area contributed by atoms with Gasteiger partial charge in [-0.3, -0.25) is 4.57 Å². The minimum atomic E-state index is -2.31. The molecule has 1 aromatic rings. The number of benzene rings is 1. The van der Waals surface area contributed by atoms with Gasteiger partial charge in [-0.15, -0.1) is 17.7 Å². The molecule has 1 unspecified atom stereocenters. The first kappa shape index (κ1) is 12.8. The third kappa shape index (κ3) is 2.33. The molecule has 0 amide bonds. The van der Waals surface area contributed by atoms with E-state index in [4.69, 9.17) is 15.5 Å². The van der Waals surface area contributed by atoms with Gasteiger partial charge < -0.3 is 4.43 Å². The molecule has 1 fully saturated rings. The monoisotopic (exact) mass is 267 g/mol. The Kier molecular flexibility index (Phi) is 3.73. The number of allylic oxidation sites excluding steroid dienone is 1. The third-order valence-electron chi connectivity index (χ3n) is 3.41. The van der Waals surface area contributed by atoms with Crippen molar-refractivity contribution in [2.75, 3.05) is 7.05 Å². The molecule has 17 heavy (non-hydrogen) atoms. The summed E-state index contributed by atoms with van der Waals surface area (Å²) < 4.78 is 8.36. The first-order valence-electron chi connectivity index (χ1n) is 5.84. The summed E-state index contributed by atoms with van der Waals surface area (Å²) in [6.07, 6.45) is 1.93. The molecule has 0 bridgehead atoms. The Labute approximate surface area is 109 Å². The molecule has 0 radical (unpaired) electrons. The van der Waals surface area contributed by atoms with Crippen molar-refractivity contribution in [1.82, 2.24) is 4.57 Å². The van der Waals surface area contributed by atoms with Crippen LogP contribution in [0.5, 0.6) is 0 Å². The van der Waals surface area contributed by atoms with Gasteiger partial charge in [0.25, 0.3) is 0 Å². The summed E-state index contributed by atoms with van der Waals surface area (Å²) in [5, 5.41) is 0. The first-order valence-corrected chi connectivity index (χ1v) is 8.91. The maximum atomic E-state index is 6.63. The molecule has 4 heteroatoms. The molecular formula is C13H18ClNOSi. The summed E-state index contributed by atoms with van der Waals surface area (Å²) in [4.78, 5) is 0. The van der Waals surface area contributed by atoms with E-state index in [9.17, 15) is 0 Å². The number of likely N-dealkylation sites (N-methyl/N-ethyl adjacent to an activating group) is 1. The highest BCUT2D eigenvalue weighted by molar-refractivity contribution is 7.15. The van der Waals surface area contributed by atoms with Crippen molar-refractivity contribution in [3.63, 3.8) is 0 Å². The zero-order valence-corrected chi connectivity index (χ0v) is 12.0. The fraction of sp³-hybridized carbons (Fsp3) is 0.385. The van der Waals surface area contributed by atoms with Gasteiger partial charge in [0.2, 0.25) is 0 Å². The van der Waals surface area contributed by atoms with Gasteiger partial charge >= 0.3 is 7.79 Å². The molecule has 0 aliphatic carbocycles. The van der Waals surface area contributed by atoms with Gasteiger partial charge in [0, 0.05) is 12.1 Å². The SMILES string of the molecule is C=CC[Si@]1(Cl)O[C@H](c2ccccc2)C(C)N1C. The zero-order chi connectivity index (χ0) is 12.5. The van der Waals surface area contributed by atoms with Crippen LogP contribution in [0.3, 0.4) is 0 Å².